The molecule has 1 aliphatic heterocycles. The molecule has 2 aromatic rings. The van der Waals surface area contributed by atoms with Crippen LogP contribution in [0.2, 0.25) is 0 Å². The predicted octanol–water partition coefficient (Wildman–Crippen LogP) is 3.88. The van der Waals surface area contributed by atoms with Crippen molar-refractivity contribution in [2.45, 2.75) is 20.1 Å². The van der Waals surface area contributed by atoms with Crippen LogP contribution < -0.4 is 10.2 Å². The van der Waals surface area contributed by atoms with Crippen LogP contribution in [0.1, 0.15) is 19.5 Å². The highest BCUT2D eigenvalue weighted by Crippen LogP contribution is 2.24. The first kappa shape index (κ1) is 14.6. The van der Waals surface area contributed by atoms with E-state index in [1.54, 1.807) is 12.3 Å². The number of hydrogen-bond donors (Lipinski definition) is 1. The first-order valence-electron chi connectivity index (χ1n) is 7.66. The van der Waals surface area contributed by atoms with E-state index in [0.29, 0.717) is 0 Å². The van der Waals surface area contributed by atoms with Gasteiger partial charge in [-0.15, -0.1) is 0 Å². The Morgan fingerprint density at radius 1 is 1.18 bits per heavy atom. The van der Waals surface area contributed by atoms with Gasteiger partial charge in [0, 0.05) is 35.9 Å². The molecule has 0 radical (unpaired) electrons. The molecule has 0 fully saturated rings. The summed E-state index contributed by atoms with van der Waals surface area (Å²) in [5, 5.41) is 3.77. The molecule has 0 aliphatic carbocycles. The fourth-order valence-electron chi connectivity index (χ4n) is 2.67. The van der Waals surface area contributed by atoms with Crippen molar-refractivity contribution < 1.29 is 4.39 Å². The molecule has 0 unspecified atom stereocenters. The fraction of sp³-hybridized carbons (Fsp3) is 0.278. The van der Waals surface area contributed by atoms with E-state index in [4.69, 9.17) is 4.98 Å². The highest BCUT2D eigenvalue weighted by molar-refractivity contribution is 5.85. The molecule has 22 heavy (non-hydrogen) atoms. The number of nitrogens with zero attached hydrogens (tertiary/aromatic N) is 2. The van der Waals surface area contributed by atoms with Crippen molar-refractivity contribution in [1.29, 1.82) is 0 Å². The molecule has 0 spiro atoms. The molecular weight excluding hydrogens is 277 g/mol. The second-order valence-corrected chi connectivity index (χ2v) is 5.27. The molecular formula is C18H20FN3. The molecule has 0 saturated heterocycles. The smallest absolute Gasteiger partial charge is 0.188 e. The van der Waals surface area contributed by atoms with Gasteiger partial charge < -0.3 is 10.2 Å². The largest absolute Gasteiger partial charge is 0.372 e. The average Bonchev–Trinajstić information content (AvgIpc) is 2.56. The number of anilines is 1. The minimum absolute atomic E-state index is 0.847. The molecule has 0 amide bonds. The van der Waals surface area contributed by atoms with Gasteiger partial charge in [0.05, 0.1) is 11.2 Å². The van der Waals surface area contributed by atoms with Crippen molar-refractivity contribution >= 4 is 22.2 Å². The van der Waals surface area contributed by atoms with Crippen LogP contribution in [0.3, 0.4) is 0 Å². The number of rotatable bonds is 4. The highest BCUT2D eigenvalue weighted by atomic mass is 19.1. The van der Waals surface area contributed by atoms with Crippen LogP contribution in [0.4, 0.5) is 10.1 Å². The third kappa shape index (κ3) is 2.82. The lowest BCUT2D eigenvalue weighted by Gasteiger charge is -2.21. The number of halogens is 1. The second kappa shape index (κ2) is 6.18. The number of dihydropyridines is 1. The van der Waals surface area contributed by atoms with Crippen molar-refractivity contribution in [3.63, 3.8) is 0 Å². The Labute approximate surface area is 130 Å². The van der Waals surface area contributed by atoms with Crippen LogP contribution >= 0.6 is 0 Å². The average molecular weight is 297 g/mol. The number of nitrogens with one attached hydrogen (secondary N) is 1. The molecule has 114 valence electrons. The predicted molar refractivity (Wildman–Crippen MR) is 90.5 cm³/mol. The summed E-state index contributed by atoms with van der Waals surface area (Å²) < 4.78 is 13.1. The Bertz CT molecular complexity index is 732. The molecule has 0 bridgehead atoms. The van der Waals surface area contributed by atoms with E-state index in [1.807, 2.05) is 6.07 Å². The fourth-order valence-corrected chi connectivity index (χ4v) is 2.67. The summed E-state index contributed by atoms with van der Waals surface area (Å²) in [6.45, 7) is 6.23. The van der Waals surface area contributed by atoms with Gasteiger partial charge in [-0.05, 0) is 38.1 Å². The quantitative estimate of drug-likeness (QED) is 0.868. The van der Waals surface area contributed by atoms with Gasteiger partial charge in [0.25, 0.3) is 0 Å². The normalized spacial score (nSPS) is 17.2. The standard InChI is InChI=1S/C18H20FN3/c1-3-22(4-2)15-8-5-13-6-9-16(21-17(13)11-15)14-7-10-18(19)20-12-14/h5-12,18,20H,3-4H2,1-2H3/t18-/m0/s1. The van der Waals surface area contributed by atoms with Crippen molar-refractivity contribution in [1.82, 2.24) is 10.3 Å². The van der Waals surface area contributed by atoms with E-state index in [-0.39, 0.29) is 0 Å². The first-order valence-corrected chi connectivity index (χ1v) is 7.66. The summed E-state index contributed by atoms with van der Waals surface area (Å²) in [6, 6.07) is 10.4. The molecule has 1 aliphatic rings. The highest BCUT2D eigenvalue weighted by Gasteiger charge is 2.09. The van der Waals surface area contributed by atoms with E-state index < -0.39 is 6.30 Å². The number of allylic oxidation sites excluding steroid dienone is 2. The number of fused-ring (bicyclic) bond motifs is 1. The Morgan fingerprint density at radius 2 is 1.95 bits per heavy atom. The molecule has 3 rings (SSSR count). The topological polar surface area (TPSA) is 28.2 Å². The summed E-state index contributed by atoms with van der Waals surface area (Å²) in [5.74, 6) is 0. The lowest BCUT2D eigenvalue weighted by molar-refractivity contribution is 0.365. The van der Waals surface area contributed by atoms with Crippen molar-refractivity contribution in [3.8, 4) is 0 Å². The van der Waals surface area contributed by atoms with Gasteiger partial charge in [0.15, 0.2) is 6.30 Å². The summed E-state index contributed by atoms with van der Waals surface area (Å²) >= 11 is 0. The van der Waals surface area contributed by atoms with E-state index in [2.05, 4.69) is 48.3 Å². The third-order valence-corrected chi connectivity index (χ3v) is 3.94. The van der Waals surface area contributed by atoms with Crippen molar-refractivity contribution in [2.75, 3.05) is 18.0 Å². The lowest BCUT2D eigenvalue weighted by atomic mass is 10.1. The van der Waals surface area contributed by atoms with Gasteiger partial charge >= 0.3 is 0 Å². The number of pyridine rings is 1. The Hall–Kier alpha value is -2.36. The van der Waals surface area contributed by atoms with Gasteiger partial charge in [-0.3, -0.25) is 0 Å². The van der Waals surface area contributed by atoms with Crippen LogP contribution in [0.5, 0.6) is 0 Å². The van der Waals surface area contributed by atoms with Gasteiger partial charge in [0.2, 0.25) is 0 Å². The van der Waals surface area contributed by atoms with Gasteiger partial charge in [-0.1, -0.05) is 18.2 Å². The summed E-state index contributed by atoms with van der Waals surface area (Å²) in [6.07, 6.45) is 3.82. The second-order valence-electron chi connectivity index (χ2n) is 5.27. The van der Waals surface area contributed by atoms with Crippen molar-refractivity contribution in [2.24, 2.45) is 0 Å². The van der Waals surface area contributed by atoms with Crippen LogP contribution in [-0.4, -0.2) is 24.4 Å². The molecule has 4 heteroatoms. The SMILES string of the molecule is CCN(CC)c1ccc2ccc(C3=CN[C@H](F)C=C3)nc2c1. The van der Waals surface area contributed by atoms with Gasteiger partial charge in [-0.2, -0.15) is 0 Å². The zero-order valence-corrected chi connectivity index (χ0v) is 12.9. The Kier molecular flexibility index (Phi) is 4.09. The van der Waals surface area contributed by atoms with Crippen LogP contribution in [0.25, 0.3) is 16.5 Å². The van der Waals surface area contributed by atoms with E-state index in [1.165, 1.54) is 11.8 Å². The van der Waals surface area contributed by atoms with E-state index in [9.17, 15) is 4.39 Å². The summed E-state index contributed by atoms with van der Waals surface area (Å²) in [7, 11) is 0. The maximum absolute atomic E-state index is 13.1. The summed E-state index contributed by atoms with van der Waals surface area (Å²) in [5.41, 5.74) is 3.87. The maximum Gasteiger partial charge on any atom is 0.188 e. The Morgan fingerprint density at radius 3 is 2.64 bits per heavy atom. The summed E-state index contributed by atoms with van der Waals surface area (Å²) in [4.78, 5) is 7.02. The molecule has 0 saturated carbocycles. The van der Waals surface area contributed by atoms with Crippen molar-refractivity contribution in [3.05, 3.63) is 54.4 Å². The minimum Gasteiger partial charge on any atom is -0.372 e. The lowest BCUT2D eigenvalue weighted by Crippen LogP contribution is -2.21. The van der Waals surface area contributed by atoms with E-state index in [0.717, 1.165) is 35.3 Å². The number of hydrogen-bond acceptors (Lipinski definition) is 3. The van der Waals surface area contributed by atoms with Gasteiger partial charge in [-0.25, -0.2) is 9.37 Å². The Balaban J connectivity index is 1.99. The molecule has 1 atom stereocenters. The maximum atomic E-state index is 13.1. The third-order valence-electron chi connectivity index (χ3n) is 3.94. The molecule has 1 aromatic heterocycles. The molecule has 1 N–H and O–H groups in total. The zero-order valence-electron chi connectivity index (χ0n) is 12.9. The number of benzene rings is 1. The molecule has 2 heterocycles. The monoisotopic (exact) mass is 297 g/mol. The van der Waals surface area contributed by atoms with Crippen LogP contribution in [0.15, 0.2) is 48.7 Å². The van der Waals surface area contributed by atoms with Crippen LogP contribution in [0, 0.1) is 0 Å². The van der Waals surface area contributed by atoms with Gasteiger partial charge in [0.1, 0.15) is 0 Å². The molecule has 1 aromatic carbocycles. The number of aromatic nitrogens is 1. The zero-order chi connectivity index (χ0) is 15.5. The number of alkyl halides is 1. The van der Waals surface area contributed by atoms with Crippen LogP contribution in [-0.2, 0) is 0 Å². The minimum atomic E-state index is -1.11. The van der Waals surface area contributed by atoms with E-state index >= 15 is 0 Å². The molecule has 3 nitrogen and oxygen atoms in total. The first-order chi connectivity index (χ1) is 10.7.